The second-order valence-corrected chi connectivity index (χ2v) is 9.56. The number of esters is 1. The Morgan fingerprint density at radius 1 is 1.13 bits per heavy atom. The van der Waals surface area contributed by atoms with Crippen molar-refractivity contribution in [1.82, 2.24) is 19.4 Å². The number of hydrogen-bond donors (Lipinski definition) is 1. The van der Waals surface area contributed by atoms with Crippen molar-refractivity contribution in [3.8, 4) is 5.75 Å². The highest BCUT2D eigenvalue weighted by molar-refractivity contribution is 5.94. The quantitative estimate of drug-likeness (QED) is 0.351. The Kier molecular flexibility index (Phi) is 7.11. The first-order valence-corrected chi connectivity index (χ1v) is 12.5. The summed E-state index contributed by atoms with van der Waals surface area (Å²) in [5.74, 6) is 0.619. The topological polar surface area (TPSA) is 107 Å². The molecule has 1 N–H and O–H groups in total. The van der Waals surface area contributed by atoms with Gasteiger partial charge in [0.1, 0.15) is 12.1 Å². The van der Waals surface area contributed by atoms with Crippen molar-refractivity contribution in [2.45, 2.75) is 38.3 Å². The molecule has 196 valence electrons. The van der Waals surface area contributed by atoms with Crippen molar-refractivity contribution < 1.29 is 24.2 Å². The molecule has 1 unspecified atom stereocenters. The predicted octanol–water partition coefficient (Wildman–Crippen LogP) is 5.18. The molecule has 1 fully saturated rings. The molecule has 9 heteroatoms. The van der Waals surface area contributed by atoms with E-state index in [0.717, 1.165) is 52.9 Å². The molecular weight excluding hydrogens is 484 g/mol. The van der Waals surface area contributed by atoms with Crippen LogP contribution in [0.2, 0.25) is 0 Å². The van der Waals surface area contributed by atoms with Crippen LogP contribution in [-0.2, 0) is 11.3 Å². The summed E-state index contributed by atoms with van der Waals surface area (Å²) in [7, 11) is 3.02. The molecule has 0 spiro atoms. The Morgan fingerprint density at radius 2 is 1.92 bits per heavy atom. The van der Waals surface area contributed by atoms with Gasteiger partial charge in [-0.3, -0.25) is 9.47 Å². The Morgan fingerprint density at radius 3 is 2.58 bits per heavy atom. The van der Waals surface area contributed by atoms with Crippen LogP contribution in [0.5, 0.6) is 5.75 Å². The van der Waals surface area contributed by atoms with Crippen molar-refractivity contribution >= 4 is 23.0 Å². The summed E-state index contributed by atoms with van der Waals surface area (Å²) < 4.78 is 11.9. The van der Waals surface area contributed by atoms with Crippen LogP contribution in [0.15, 0.2) is 61.2 Å². The lowest BCUT2D eigenvalue weighted by molar-refractivity contribution is 0.0600. The number of benzene rings is 2. The van der Waals surface area contributed by atoms with Crippen LogP contribution in [0.25, 0.3) is 10.9 Å². The number of hydrogen-bond acceptors (Lipinski definition) is 7. The molecule has 9 nitrogen and oxygen atoms in total. The molecular formula is C29H30N4O5. The molecule has 1 aliphatic heterocycles. The molecule has 38 heavy (non-hydrogen) atoms. The maximum absolute atomic E-state index is 12.0. The van der Waals surface area contributed by atoms with Crippen molar-refractivity contribution in [2.24, 2.45) is 0 Å². The fourth-order valence-electron chi connectivity index (χ4n) is 5.59. The van der Waals surface area contributed by atoms with Crippen molar-refractivity contribution in [2.75, 3.05) is 20.8 Å². The Hall–Kier alpha value is -4.24. The first kappa shape index (κ1) is 25.4. The molecule has 2 aromatic carbocycles. The normalized spacial score (nSPS) is 17.9. The summed E-state index contributed by atoms with van der Waals surface area (Å²) in [6.45, 7) is 3.27. The molecule has 1 aliphatic rings. The molecule has 0 aliphatic carbocycles. The maximum atomic E-state index is 12.0. The Bertz CT molecular complexity index is 1470. The third-order valence-electron chi connectivity index (χ3n) is 7.47. The monoisotopic (exact) mass is 514 g/mol. The highest BCUT2D eigenvalue weighted by atomic mass is 16.5. The largest absolute Gasteiger partial charge is 0.496 e. The van der Waals surface area contributed by atoms with Gasteiger partial charge >= 0.3 is 12.1 Å². The van der Waals surface area contributed by atoms with Gasteiger partial charge in [-0.25, -0.2) is 19.6 Å². The lowest BCUT2D eigenvalue weighted by atomic mass is 9.84. The summed E-state index contributed by atoms with van der Waals surface area (Å²) in [5.41, 5.74) is 5.06. The number of ether oxygens (including phenoxy) is 2. The summed E-state index contributed by atoms with van der Waals surface area (Å²) in [6, 6.07) is 13.3. The second-order valence-electron chi connectivity index (χ2n) is 9.56. The molecule has 3 heterocycles. The SMILES string of the molecule is COC(=O)c1ccc([C@@H]2CC(c3ccncn3)CCN2Cc2c(OC)cc(C)c3c2ccn3C(=O)O)cc1. The molecule has 5 rings (SSSR count). The zero-order valence-corrected chi connectivity index (χ0v) is 21.6. The highest BCUT2D eigenvalue weighted by Gasteiger charge is 2.32. The number of carbonyl (C=O) groups excluding carboxylic acids is 1. The van der Waals surface area contributed by atoms with Gasteiger partial charge in [-0.1, -0.05) is 12.1 Å². The van der Waals surface area contributed by atoms with Gasteiger partial charge in [-0.05, 0) is 67.8 Å². The van der Waals surface area contributed by atoms with Crippen molar-refractivity contribution in [3.05, 3.63) is 89.1 Å². The second kappa shape index (κ2) is 10.6. The smallest absolute Gasteiger partial charge is 0.416 e. The number of rotatable bonds is 6. The predicted molar refractivity (Wildman–Crippen MR) is 142 cm³/mol. The molecule has 0 bridgehead atoms. The number of carbonyl (C=O) groups is 2. The van der Waals surface area contributed by atoms with Gasteiger partial charge in [-0.15, -0.1) is 0 Å². The zero-order chi connectivity index (χ0) is 26.8. The summed E-state index contributed by atoms with van der Waals surface area (Å²) in [6.07, 6.45) is 5.68. The van der Waals surface area contributed by atoms with Gasteiger partial charge in [0.2, 0.25) is 0 Å². The van der Waals surface area contributed by atoms with Crippen molar-refractivity contribution in [3.63, 3.8) is 0 Å². The Labute approximate surface area is 220 Å². The van der Waals surface area contributed by atoms with Crippen LogP contribution in [-0.4, -0.2) is 57.4 Å². The molecule has 4 aromatic rings. The van der Waals surface area contributed by atoms with E-state index in [0.29, 0.717) is 17.6 Å². The first-order valence-electron chi connectivity index (χ1n) is 12.5. The van der Waals surface area contributed by atoms with Gasteiger partial charge in [0, 0.05) is 47.5 Å². The molecule has 0 saturated carbocycles. The van der Waals surface area contributed by atoms with Crippen LogP contribution in [0.4, 0.5) is 4.79 Å². The lowest BCUT2D eigenvalue weighted by Gasteiger charge is -2.40. The van der Waals surface area contributed by atoms with E-state index in [1.54, 1.807) is 38.0 Å². The number of likely N-dealkylation sites (tertiary alicyclic amines) is 1. The summed E-state index contributed by atoms with van der Waals surface area (Å²) in [4.78, 5) is 34.9. The average molecular weight is 515 g/mol. The van der Waals surface area contributed by atoms with Crippen molar-refractivity contribution in [1.29, 1.82) is 0 Å². The number of carboxylic acid groups (broad SMARTS) is 1. The summed E-state index contributed by atoms with van der Waals surface area (Å²) >= 11 is 0. The number of aromatic nitrogens is 3. The first-order chi connectivity index (χ1) is 18.4. The van der Waals surface area contributed by atoms with Crippen LogP contribution in [0.3, 0.4) is 0 Å². The van der Waals surface area contributed by atoms with Crippen LogP contribution in [0, 0.1) is 6.92 Å². The number of fused-ring (bicyclic) bond motifs is 1. The van der Waals surface area contributed by atoms with Crippen LogP contribution < -0.4 is 4.74 Å². The molecule has 2 aromatic heterocycles. The maximum Gasteiger partial charge on any atom is 0.416 e. The summed E-state index contributed by atoms with van der Waals surface area (Å²) in [5, 5.41) is 10.6. The third kappa shape index (κ3) is 4.72. The fraction of sp³-hybridized carbons (Fsp3) is 0.310. The van der Waals surface area contributed by atoms with E-state index >= 15 is 0 Å². The van der Waals surface area contributed by atoms with Gasteiger partial charge in [0.15, 0.2) is 0 Å². The standard InChI is InChI=1S/C29H30N4O5/c1-18-14-26(37-2)23(22-10-13-33(27(18)22)29(35)36)16-32-12-9-21(24-8-11-30-17-31-24)15-25(32)19-4-6-20(7-5-19)28(34)38-3/h4-8,10-11,13-14,17,21,25H,9,12,15-16H2,1-3H3,(H,35,36)/t21?,25-/m0/s1. The number of piperidine rings is 1. The minimum atomic E-state index is -1.02. The molecule has 0 amide bonds. The number of methoxy groups -OCH3 is 2. The third-order valence-corrected chi connectivity index (χ3v) is 7.47. The van der Waals surface area contributed by atoms with Crippen LogP contribution in [0.1, 0.15) is 57.5 Å². The van der Waals surface area contributed by atoms with Gasteiger partial charge < -0.3 is 14.6 Å². The fourth-order valence-corrected chi connectivity index (χ4v) is 5.59. The van der Waals surface area contributed by atoms with E-state index in [-0.39, 0.29) is 17.9 Å². The Balaban J connectivity index is 1.54. The molecule has 1 saturated heterocycles. The lowest BCUT2D eigenvalue weighted by Crippen LogP contribution is -2.36. The van der Waals surface area contributed by atoms with E-state index in [2.05, 4.69) is 14.9 Å². The zero-order valence-electron chi connectivity index (χ0n) is 21.6. The van der Waals surface area contributed by atoms with E-state index in [9.17, 15) is 14.7 Å². The van der Waals surface area contributed by atoms with Gasteiger partial charge in [0.25, 0.3) is 0 Å². The minimum absolute atomic E-state index is 0.0398. The van der Waals surface area contributed by atoms with Crippen LogP contribution >= 0.6 is 0 Å². The average Bonchev–Trinajstić information content (AvgIpc) is 3.41. The van der Waals surface area contributed by atoms with E-state index in [1.165, 1.54) is 11.7 Å². The number of nitrogens with zero attached hydrogens (tertiary/aromatic N) is 4. The molecule has 2 atom stereocenters. The molecule has 0 radical (unpaired) electrons. The van der Waals surface area contributed by atoms with Gasteiger partial charge in [-0.2, -0.15) is 0 Å². The van der Waals surface area contributed by atoms with E-state index in [1.807, 2.05) is 37.3 Å². The highest BCUT2D eigenvalue weighted by Crippen LogP contribution is 2.42. The van der Waals surface area contributed by atoms with E-state index in [4.69, 9.17) is 9.47 Å². The minimum Gasteiger partial charge on any atom is -0.496 e. The van der Waals surface area contributed by atoms with E-state index < -0.39 is 6.09 Å². The number of aryl methyl sites for hydroxylation is 1. The van der Waals surface area contributed by atoms with Gasteiger partial charge in [0.05, 0.1) is 25.3 Å².